The summed E-state index contributed by atoms with van der Waals surface area (Å²) >= 11 is 0. The SMILES string of the molecule is CCCc1ccc(-c2c([O])cc(F)c(C(F)(F)Oc3ccc(OC(F)(F)F)c(F)c3)c2F)cc1. The van der Waals surface area contributed by atoms with Crippen LogP contribution in [0.3, 0.4) is 0 Å². The molecule has 181 valence electrons. The summed E-state index contributed by atoms with van der Waals surface area (Å²) in [4.78, 5) is 0. The Morgan fingerprint density at radius 3 is 2.03 bits per heavy atom. The van der Waals surface area contributed by atoms with E-state index >= 15 is 4.39 Å². The zero-order chi connectivity index (χ0) is 25.3. The van der Waals surface area contributed by atoms with Crippen molar-refractivity contribution in [1.29, 1.82) is 0 Å². The van der Waals surface area contributed by atoms with Crippen LogP contribution in [-0.4, -0.2) is 6.36 Å². The molecule has 0 aromatic heterocycles. The van der Waals surface area contributed by atoms with Gasteiger partial charge in [0.2, 0.25) is 0 Å². The molecular formula is C23H15F8O3. The standard InChI is InChI=1S/C23H15F8O3/c1-2-3-12-4-6-13(7-5-12)19-17(32)11-16(25)20(21(19)26)22(27,28)33-14-8-9-18(15(24)10-14)34-23(29,30)31/h4-11H,2-3H2,1H3. The van der Waals surface area contributed by atoms with Crippen molar-refractivity contribution >= 4 is 0 Å². The molecule has 1 radical (unpaired) electrons. The molecule has 0 fully saturated rings. The van der Waals surface area contributed by atoms with Crippen molar-refractivity contribution in [3.05, 3.63) is 77.1 Å². The highest BCUT2D eigenvalue weighted by Crippen LogP contribution is 2.43. The van der Waals surface area contributed by atoms with Crippen LogP contribution in [0.5, 0.6) is 17.2 Å². The fourth-order valence-corrected chi connectivity index (χ4v) is 3.21. The lowest BCUT2D eigenvalue weighted by Crippen LogP contribution is -2.25. The highest BCUT2D eigenvalue weighted by Gasteiger charge is 2.43. The van der Waals surface area contributed by atoms with Gasteiger partial charge in [0.1, 0.15) is 17.1 Å². The number of alkyl halides is 5. The van der Waals surface area contributed by atoms with Crippen molar-refractivity contribution in [2.24, 2.45) is 0 Å². The molecule has 0 unspecified atom stereocenters. The van der Waals surface area contributed by atoms with E-state index < -0.39 is 58.3 Å². The third-order valence-electron chi connectivity index (χ3n) is 4.63. The van der Waals surface area contributed by atoms with Crippen LogP contribution in [0.2, 0.25) is 0 Å². The summed E-state index contributed by atoms with van der Waals surface area (Å²) in [6.07, 6.45) is -8.53. The van der Waals surface area contributed by atoms with E-state index in [9.17, 15) is 35.8 Å². The van der Waals surface area contributed by atoms with Crippen molar-refractivity contribution < 1.29 is 49.7 Å². The summed E-state index contributed by atoms with van der Waals surface area (Å²) < 4.78 is 117. The molecule has 0 saturated heterocycles. The third kappa shape index (κ3) is 5.52. The highest BCUT2D eigenvalue weighted by molar-refractivity contribution is 5.72. The Hall–Kier alpha value is -3.50. The van der Waals surface area contributed by atoms with Crippen LogP contribution in [0.15, 0.2) is 48.5 Å². The lowest BCUT2D eigenvalue weighted by molar-refractivity contribution is -0.275. The summed E-state index contributed by atoms with van der Waals surface area (Å²) in [5.41, 5.74) is -1.99. The Kier molecular flexibility index (Phi) is 6.94. The van der Waals surface area contributed by atoms with E-state index in [0.29, 0.717) is 18.6 Å². The average molecular weight is 491 g/mol. The molecule has 3 aromatic carbocycles. The molecule has 3 nitrogen and oxygen atoms in total. The van der Waals surface area contributed by atoms with Crippen LogP contribution in [0.4, 0.5) is 35.1 Å². The fraction of sp³-hybridized carbons (Fsp3) is 0.217. The second-order valence-electron chi connectivity index (χ2n) is 7.13. The van der Waals surface area contributed by atoms with Crippen LogP contribution in [0.1, 0.15) is 24.5 Å². The molecule has 0 heterocycles. The van der Waals surface area contributed by atoms with Gasteiger partial charge in [0.05, 0.1) is 5.56 Å². The van der Waals surface area contributed by atoms with Gasteiger partial charge in [-0.15, -0.1) is 13.2 Å². The zero-order valence-electron chi connectivity index (χ0n) is 17.3. The molecule has 0 aliphatic rings. The Labute approximate surface area is 188 Å². The fourth-order valence-electron chi connectivity index (χ4n) is 3.21. The Morgan fingerprint density at radius 1 is 0.824 bits per heavy atom. The van der Waals surface area contributed by atoms with Gasteiger partial charge in [0.25, 0.3) is 0 Å². The van der Waals surface area contributed by atoms with Gasteiger partial charge in [0.15, 0.2) is 23.1 Å². The van der Waals surface area contributed by atoms with Gasteiger partial charge in [-0.05, 0) is 29.7 Å². The molecule has 11 heteroatoms. The van der Waals surface area contributed by atoms with Gasteiger partial charge in [-0.25, -0.2) is 13.2 Å². The van der Waals surface area contributed by atoms with E-state index in [2.05, 4.69) is 9.47 Å². The maximum absolute atomic E-state index is 15.0. The molecule has 0 N–H and O–H groups in total. The van der Waals surface area contributed by atoms with E-state index in [-0.39, 0.29) is 17.7 Å². The summed E-state index contributed by atoms with van der Waals surface area (Å²) in [7, 11) is 0. The molecule has 0 aliphatic carbocycles. The highest BCUT2D eigenvalue weighted by atomic mass is 19.4. The van der Waals surface area contributed by atoms with E-state index in [0.717, 1.165) is 12.0 Å². The molecule has 34 heavy (non-hydrogen) atoms. The van der Waals surface area contributed by atoms with Crippen LogP contribution in [-0.2, 0) is 17.6 Å². The molecule has 3 aromatic rings. The summed E-state index contributed by atoms with van der Waals surface area (Å²) in [6, 6.07) is 6.88. The largest absolute Gasteiger partial charge is 0.573 e. The normalized spacial score (nSPS) is 12.0. The van der Waals surface area contributed by atoms with Crippen molar-refractivity contribution in [3.63, 3.8) is 0 Å². The molecule has 0 amide bonds. The lowest BCUT2D eigenvalue weighted by atomic mass is 9.98. The van der Waals surface area contributed by atoms with Gasteiger partial charge in [-0.2, -0.15) is 8.78 Å². The third-order valence-corrected chi connectivity index (χ3v) is 4.63. The predicted molar refractivity (Wildman–Crippen MR) is 104 cm³/mol. The Balaban J connectivity index is 1.98. The maximum atomic E-state index is 15.0. The van der Waals surface area contributed by atoms with E-state index in [1.54, 1.807) is 12.1 Å². The van der Waals surface area contributed by atoms with Gasteiger partial charge < -0.3 is 9.47 Å². The first-order chi connectivity index (χ1) is 15.8. The smallest absolute Gasteiger partial charge is 0.429 e. The van der Waals surface area contributed by atoms with Gasteiger partial charge in [0, 0.05) is 12.1 Å². The van der Waals surface area contributed by atoms with Crippen molar-refractivity contribution in [3.8, 4) is 28.4 Å². The van der Waals surface area contributed by atoms with Gasteiger partial charge >= 0.3 is 12.5 Å². The van der Waals surface area contributed by atoms with Gasteiger partial charge in [-0.1, -0.05) is 37.6 Å². The number of ether oxygens (including phenoxy) is 2. The summed E-state index contributed by atoms with van der Waals surface area (Å²) in [5.74, 6) is -9.10. The number of hydrogen-bond acceptors (Lipinski definition) is 2. The second kappa shape index (κ2) is 9.40. The van der Waals surface area contributed by atoms with E-state index in [1.165, 1.54) is 12.1 Å². The van der Waals surface area contributed by atoms with Crippen molar-refractivity contribution in [1.82, 2.24) is 0 Å². The monoisotopic (exact) mass is 491 g/mol. The zero-order valence-corrected chi connectivity index (χ0v) is 17.3. The quantitative estimate of drug-likeness (QED) is 0.315. The number of rotatable bonds is 7. The van der Waals surface area contributed by atoms with E-state index in [4.69, 9.17) is 0 Å². The molecule has 0 aliphatic heterocycles. The number of hydrogen-bond donors (Lipinski definition) is 0. The maximum Gasteiger partial charge on any atom is 0.573 e. The summed E-state index contributed by atoms with van der Waals surface area (Å²) in [5, 5.41) is 12.2. The van der Waals surface area contributed by atoms with E-state index in [1.807, 2.05) is 6.92 Å². The molecule has 0 spiro atoms. The first-order valence-electron chi connectivity index (χ1n) is 9.73. The topological polar surface area (TPSA) is 38.4 Å². The average Bonchev–Trinajstić information content (AvgIpc) is 2.70. The van der Waals surface area contributed by atoms with Crippen LogP contribution >= 0.6 is 0 Å². The van der Waals surface area contributed by atoms with Crippen LogP contribution in [0.25, 0.3) is 11.1 Å². The number of halogens is 8. The van der Waals surface area contributed by atoms with Crippen LogP contribution in [0, 0.1) is 17.5 Å². The molecular weight excluding hydrogens is 476 g/mol. The first kappa shape index (κ1) is 25.1. The molecule has 3 rings (SSSR count). The minimum atomic E-state index is -5.25. The van der Waals surface area contributed by atoms with Crippen molar-refractivity contribution in [2.75, 3.05) is 0 Å². The Morgan fingerprint density at radius 2 is 1.47 bits per heavy atom. The Bertz CT molecular complexity index is 1170. The molecule has 0 saturated carbocycles. The summed E-state index contributed by atoms with van der Waals surface area (Å²) in [6.45, 7) is 1.92. The second-order valence-corrected chi connectivity index (χ2v) is 7.13. The number of aryl methyl sites for hydroxylation is 1. The first-order valence-corrected chi connectivity index (χ1v) is 9.73. The van der Waals surface area contributed by atoms with Gasteiger partial charge in [-0.3, -0.25) is 5.11 Å². The lowest BCUT2D eigenvalue weighted by Gasteiger charge is -2.21. The minimum Gasteiger partial charge on any atom is -0.429 e. The van der Waals surface area contributed by atoms with Crippen LogP contribution < -0.4 is 9.47 Å². The molecule has 0 atom stereocenters. The number of benzene rings is 3. The minimum absolute atomic E-state index is 0.0842. The van der Waals surface area contributed by atoms with Crippen molar-refractivity contribution in [2.45, 2.75) is 32.2 Å². The predicted octanol–water partition coefficient (Wildman–Crippen LogP) is 7.89. The molecule has 0 bridgehead atoms.